The zero-order valence-electron chi connectivity index (χ0n) is 40.0. The SMILES string of the molecule is Cc1ccc2c(c1)oc1c(Br)c(-c3oc4c(Br)c(-c5sc6c(oc7cc(C)ccc76)c5Br)oc4c3Br)oc12.Cc1ccc2sc3c(c2c1)CC(c1oc2c(Br)c(C4=C(Br)c5sc6ccc(C)cc6c5S4(=O)=O)sc2c1Br)=C3Br. The average Bonchev–Trinajstić information content (AvgIpc) is 4.49. The van der Waals surface area contributed by atoms with Crippen LogP contribution in [0.2, 0.25) is 0 Å². The quantitative estimate of drug-likeness (QED) is 0.171. The maximum atomic E-state index is 14.0. The van der Waals surface area contributed by atoms with Gasteiger partial charge in [0.2, 0.25) is 9.84 Å². The fraction of sp³-hybridized carbons (Fsp3) is 0.0877. The van der Waals surface area contributed by atoms with Gasteiger partial charge in [-0.15, -0.1) is 45.3 Å². The van der Waals surface area contributed by atoms with Crippen LogP contribution in [0.25, 0.3) is 127 Å². The molecule has 16 rings (SSSR count). The van der Waals surface area contributed by atoms with E-state index in [1.54, 1.807) is 22.7 Å². The zero-order chi connectivity index (χ0) is 53.9. The van der Waals surface area contributed by atoms with E-state index in [0.29, 0.717) is 82.2 Å². The summed E-state index contributed by atoms with van der Waals surface area (Å²) in [6.45, 7) is 8.18. The molecule has 10 aromatic heterocycles. The normalized spacial score (nSPS) is 14.5. The summed E-state index contributed by atoms with van der Waals surface area (Å²) < 4.78 is 76.0. The van der Waals surface area contributed by atoms with Gasteiger partial charge in [-0.05, 0) is 220 Å². The van der Waals surface area contributed by atoms with Crippen LogP contribution < -0.4 is 0 Å². The van der Waals surface area contributed by atoms with Crippen LogP contribution >= 0.6 is 173 Å². The van der Waals surface area contributed by atoms with Crippen LogP contribution in [0.4, 0.5) is 0 Å². The molecule has 0 bridgehead atoms. The summed E-state index contributed by atoms with van der Waals surface area (Å²) in [5.74, 6) is 2.45. The van der Waals surface area contributed by atoms with Crippen molar-refractivity contribution >= 4 is 287 Å². The average molecular weight is 1640 g/mol. The van der Waals surface area contributed by atoms with Crippen LogP contribution in [0.15, 0.2) is 131 Å². The highest BCUT2D eigenvalue weighted by Crippen LogP contribution is 2.60. The highest BCUT2D eigenvalue weighted by Gasteiger charge is 2.42. The first-order valence-corrected chi connectivity index (χ1v) is 34.6. The molecule has 8 nitrogen and oxygen atoms in total. The zero-order valence-corrected chi connectivity index (χ0v) is 56.7. The van der Waals surface area contributed by atoms with E-state index in [1.165, 1.54) is 48.8 Å². The maximum Gasteiger partial charge on any atom is 0.211 e. The summed E-state index contributed by atoms with van der Waals surface area (Å²) >= 11 is 36.2. The van der Waals surface area contributed by atoms with Crippen molar-refractivity contribution in [2.75, 3.05) is 0 Å². The van der Waals surface area contributed by atoms with Crippen LogP contribution in [0.3, 0.4) is 0 Å². The minimum absolute atomic E-state index is 0.291. The summed E-state index contributed by atoms with van der Waals surface area (Å²) in [6.07, 6.45) is 0.765. The molecule has 0 fully saturated rings. The van der Waals surface area contributed by atoms with Gasteiger partial charge >= 0.3 is 0 Å². The lowest BCUT2D eigenvalue weighted by Crippen LogP contribution is -1.99. The molecule has 78 heavy (non-hydrogen) atoms. The number of hydrogen-bond acceptors (Lipinski definition) is 12. The van der Waals surface area contributed by atoms with E-state index >= 15 is 0 Å². The van der Waals surface area contributed by atoms with Crippen molar-refractivity contribution in [1.29, 1.82) is 0 Å². The summed E-state index contributed by atoms with van der Waals surface area (Å²) in [5.41, 5.74) is 12.5. The number of sulfone groups is 1. The van der Waals surface area contributed by atoms with E-state index in [2.05, 4.69) is 178 Å². The fourth-order valence-corrected chi connectivity index (χ4v) is 24.0. The Kier molecular flexibility index (Phi) is 12.1. The van der Waals surface area contributed by atoms with Gasteiger partial charge in [0.25, 0.3) is 0 Å². The maximum absolute atomic E-state index is 14.0. The van der Waals surface area contributed by atoms with E-state index < -0.39 is 9.84 Å². The molecule has 0 unspecified atom stereocenters. The molecule has 0 amide bonds. The number of fused-ring (bicyclic) bond motifs is 14. The van der Waals surface area contributed by atoms with Gasteiger partial charge in [-0.1, -0.05) is 41.5 Å². The second-order valence-corrected chi connectivity index (χ2v) is 31.4. The van der Waals surface area contributed by atoms with Crippen molar-refractivity contribution in [2.24, 2.45) is 0 Å². The van der Waals surface area contributed by atoms with Crippen molar-refractivity contribution in [1.82, 2.24) is 0 Å². The molecule has 0 spiro atoms. The van der Waals surface area contributed by atoms with E-state index in [9.17, 15) is 8.42 Å². The van der Waals surface area contributed by atoms with Crippen molar-refractivity contribution in [2.45, 2.75) is 39.0 Å². The lowest BCUT2D eigenvalue weighted by molar-refractivity contribution is 0.567. The Balaban J connectivity index is 0.000000136. The third-order valence-corrected chi connectivity index (χ3v) is 28.7. The lowest BCUT2D eigenvalue weighted by Gasteiger charge is -2.05. The lowest BCUT2D eigenvalue weighted by atomic mass is 10.1. The van der Waals surface area contributed by atoms with Gasteiger partial charge in [-0.3, -0.25) is 0 Å². The first kappa shape index (κ1) is 51.6. The van der Waals surface area contributed by atoms with Gasteiger partial charge in [-0.2, -0.15) is 0 Å². The molecule has 4 aromatic carbocycles. The molecule has 11 heterocycles. The number of rotatable bonds is 4. The molecule has 1 aliphatic carbocycles. The molecule has 21 heteroatoms. The van der Waals surface area contributed by atoms with E-state index in [1.807, 2.05) is 50.2 Å². The van der Waals surface area contributed by atoms with Gasteiger partial charge in [0, 0.05) is 41.5 Å². The van der Waals surface area contributed by atoms with Crippen molar-refractivity contribution in [3.63, 3.8) is 0 Å². The van der Waals surface area contributed by atoms with Gasteiger partial charge in [0.05, 0.1) is 52.2 Å². The number of allylic oxidation sites excluding steroid dienone is 1. The standard InChI is InChI=1S/C29H14Br4O3S4.C28H12Br4O5S/c1-10-3-5-16-12(7-10)13-9-15(18(30)24(13)37-16)22-19(31)25-23(36-22)20(32)26(39-25)29-21(33)27-28(40(29,34)35)14-8-11(2)4-6-17(14)38-27;1-9-3-5-11-13(7-9)33-20-15(29)21(35-19(11)20)22-16(30)23-24(36-22)17(31)25(37-23)28-18(32)26-27(38-28)12-6-4-10(2)8-14(12)34-26/h3-8H,9H2,1-2H3;3-8H,1-2H3. The monoisotopic (exact) mass is 1630 g/mol. The number of furan rings is 6. The Morgan fingerprint density at radius 1 is 0.410 bits per heavy atom. The van der Waals surface area contributed by atoms with Crippen molar-refractivity contribution in [3.8, 4) is 22.2 Å². The predicted octanol–water partition coefficient (Wildman–Crippen LogP) is 24.4. The largest absolute Gasteiger partial charge is 0.454 e. The molecule has 2 aliphatic rings. The van der Waals surface area contributed by atoms with E-state index in [0.717, 1.165) is 105 Å². The molecular formula is C57H26Br8O8S5. The molecule has 388 valence electrons. The Hall–Kier alpha value is -3.29. The summed E-state index contributed by atoms with van der Waals surface area (Å²) in [6, 6.07) is 24.8. The van der Waals surface area contributed by atoms with Gasteiger partial charge in [-0.25, -0.2) is 8.42 Å². The first-order valence-electron chi connectivity index (χ1n) is 23.5. The first-order chi connectivity index (χ1) is 37.4. The van der Waals surface area contributed by atoms with Crippen molar-refractivity contribution < 1.29 is 34.9 Å². The molecule has 1 aliphatic heterocycles. The van der Waals surface area contributed by atoms with Gasteiger partial charge in [0.15, 0.2) is 50.8 Å². The van der Waals surface area contributed by atoms with Crippen LogP contribution in [-0.4, -0.2) is 8.42 Å². The molecule has 14 aromatic rings. The van der Waals surface area contributed by atoms with E-state index in [4.69, 9.17) is 26.5 Å². The number of halogens is 8. The molecule has 0 saturated heterocycles. The predicted molar refractivity (Wildman–Crippen MR) is 349 cm³/mol. The third kappa shape index (κ3) is 7.40. The molecule has 0 atom stereocenters. The second-order valence-electron chi connectivity index (χ2n) is 19.1. The van der Waals surface area contributed by atoms with Crippen LogP contribution in [0, 0.1) is 27.7 Å². The number of thiophene rings is 4. The molecule has 0 radical (unpaired) electrons. The van der Waals surface area contributed by atoms with Crippen LogP contribution in [0.1, 0.15) is 48.2 Å². The summed E-state index contributed by atoms with van der Waals surface area (Å²) in [4.78, 5) is 4.22. The van der Waals surface area contributed by atoms with Crippen molar-refractivity contribution in [3.05, 3.63) is 148 Å². The van der Waals surface area contributed by atoms with E-state index in [-0.39, 0.29) is 0 Å². The number of benzene rings is 4. The van der Waals surface area contributed by atoms with Gasteiger partial charge < -0.3 is 26.5 Å². The summed E-state index contributed by atoms with van der Waals surface area (Å²) in [5, 5.41) is 4.05. The fourth-order valence-electron chi connectivity index (χ4n) is 10.4. The Bertz CT molecular complexity index is 5090. The van der Waals surface area contributed by atoms with Crippen LogP contribution in [-0.2, 0) is 16.3 Å². The van der Waals surface area contributed by atoms with Crippen LogP contribution in [0.5, 0.6) is 0 Å². The molecular weight excluding hydrogens is 1610 g/mol. The topological polar surface area (TPSA) is 113 Å². The highest BCUT2D eigenvalue weighted by atomic mass is 79.9. The minimum Gasteiger partial charge on any atom is -0.454 e. The molecule has 0 N–H and O–H groups in total. The Labute approximate surface area is 524 Å². The number of aryl methyl sites for hydroxylation is 4. The number of hydrogen-bond donors (Lipinski definition) is 0. The highest BCUT2D eigenvalue weighted by molar-refractivity contribution is 9.15. The minimum atomic E-state index is -3.75. The summed E-state index contributed by atoms with van der Waals surface area (Å²) in [7, 11) is -3.75. The Morgan fingerprint density at radius 2 is 0.910 bits per heavy atom. The Morgan fingerprint density at radius 3 is 1.60 bits per heavy atom. The third-order valence-electron chi connectivity index (χ3n) is 14.0. The second kappa shape index (κ2) is 18.4. The smallest absolute Gasteiger partial charge is 0.211 e. The van der Waals surface area contributed by atoms with Gasteiger partial charge in [0.1, 0.15) is 35.2 Å². The molecule has 0 saturated carbocycles.